The van der Waals surface area contributed by atoms with E-state index in [-0.39, 0.29) is 5.91 Å². The number of hydrogen-bond acceptors (Lipinski definition) is 5. The van der Waals surface area contributed by atoms with E-state index in [0.29, 0.717) is 5.69 Å². The Hall–Kier alpha value is -2.32. The zero-order valence-electron chi connectivity index (χ0n) is 11.2. The van der Waals surface area contributed by atoms with Crippen LogP contribution in [0.2, 0.25) is 0 Å². The van der Waals surface area contributed by atoms with E-state index in [4.69, 9.17) is 0 Å². The van der Waals surface area contributed by atoms with E-state index in [0.717, 1.165) is 14.4 Å². The van der Waals surface area contributed by atoms with E-state index in [9.17, 15) is 4.79 Å². The Morgan fingerprint density at radius 1 is 1.23 bits per heavy atom. The normalized spacial score (nSPS) is 11.0. The number of carbonyl (C=O) groups is 1. The number of nitrogens with zero attached hydrogens (tertiary/aromatic N) is 4. The number of amides is 1. The number of hydrogen-bond donors (Lipinski definition) is 1. The van der Waals surface area contributed by atoms with Crippen molar-refractivity contribution in [1.82, 2.24) is 20.2 Å². The molecule has 0 saturated heterocycles. The first-order valence-electron chi connectivity index (χ1n) is 6.28. The predicted molar refractivity (Wildman–Crippen MR) is 88.8 cm³/mol. The van der Waals surface area contributed by atoms with Gasteiger partial charge in [0.05, 0.1) is 9.47 Å². The van der Waals surface area contributed by atoms with Gasteiger partial charge < -0.3 is 5.32 Å². The molecule has 3 rings (SSSR count). The van der Waals surface area contributed by atoms with Gasteiger partial charge >= 0.3 is 0 Å². The van der Waals surface area contributed by atoms with Crippen molar-refractivity contribution < 1.29 is 4.79 Å². The molecule has 6 nitrogen and oxygen atoms in total. The summed E-state index contributed by atoms with van der Waals surface area (Å²) in [6, 6.07) is 11.1. The molecule has 0 fully saturated rings. The summed E-state index contributed by atoms with van der Waals surface area (Å²) in [4.78, 5) is 12.9. The van der Waals surface area contributed by atoms with Crippen LogP contribution in [-0.2, 0) is 4.79 Å². The third-order valence-corrected chi connectivity index (χ3v) is 4.33. The van der Waals surface area contributed by atoms with E-state index in [1.165, 1.54) is 12.4 Å². The Balaban J connectivity index is 1.63. The van der Waals surface area contributed by atoms with Crippen molar-refractivity contribution in [2.75, 3.05) is 5.32 Å². The first kappa shape index (κ1) is 14.6. The molecule has 1 N–H and O–H groups in total. The number of thiophene rings is 1. The number of aromatic nitrogens is 4. The fourth-order valence-electron chi connectivity index (χ4n) is 1.74. The van der Waals surface area contributed by atoms with Crippen molar-refractivity contribution in [3.63, 3.8) is 0 Å². The summed E-state index contributed by atoms with van der Waals surface area (Å²) in [5.74, 6) is -0.181. The van der Waals surface area contributed by atoms with Gasteiger partial charge in [0.2, 0.25) is 5.91 Å². The lowest BCUT2D eigenvalue weighted by molar-refractivity contribution is -0.111. The molecular formula is C14H10BrN5OS. The molecule has 0 atom stereocenters. The lowest BCUT2D eigenvalue weighted by Gasteiger charge is -2.03. The van der Waals surface area contributed by atoms with Crippen molar-refractivity contribution in [3.8, 4) is 5.69 Å². The van der Waals surface area contributed by atoms with Crippen LogP contribution in [0.15, 0.2) is 52.6 Å². The van der Waals surface area contributed by atoms with Crippen LogP contribution in [0.3, 0.4) is 0 Å². The minimum absolute atomic E-state index is 0.181. The second-order valence-corrected chi connectivity index (χ2v) is 6.76. The van der Waals surface area contributed by atoms with Crippen LogP contribution in [0.4, 0.5) is 5.69 Å². The fourth-order valence-corrected chi connectivity index (χ4v) is 3.06. The topological polar surface area (TPSA) is 72.7 Å². The van der Waals surface area contributed by atoms with Crippen LogP contribution in [0.25, 0.3) is 11.8 Å². The average molecular weight is 376 g/mol. The smallest absolute Gasteiger partial charge is 0.248 e. The maximum absolute atomic E-state index is 11.9. The fraction of sp³-hybridized carbons (Fsp3) is 0. The van der Waals surface area contributed by atoms with E-state index in [2.05, 4.69) is 36.8 Å². The van der Waals surface area contributed by atoms with Gasteiger partial charge in [0.1, 0.15) is 6.33 Å². The molecule has 0 radical (unpaired) electrons. The Morgan fingerprint density at radius 3 is 2.68 bits per heavy atom. The number of halogens is 1. The van der Waals surface area contributed by atoms with Gasteiger partial charge in [-0.15, -0.1) is 16.4 Å². The van der Waals surface area contributed by atoms with Gasteiger partial charge in [0.15, 0.2) is 0 Å². The van der Waals surface area contributed by atoms with Crippen LogP contribution in [0.1, 0.15) is 4.88 Å². The summed E-state index contributed by atoms with van der Waals surface area (Å²) in [6.45, 7) is 0. The van der Waals surface area contributed by atoms with E-state index in [1.54, 1.807) is 34.2 Å². The van der Waals surface area contributed by atoms with E-state index in [1.807, 2.05) is 24.3 Å². The third kappa shape index (κ3) is 3.66. The number of nitrogens with one attached hydrogen (secondary N) is 1. The number of benzene rings is 1. The highest BCUT2D eigenvalue weighted by atomic mass is 79.9. The molecule has 0 spiro atoms. The minimum Gasteiger partial charge on any atom is -0.323 e. The molecule has 0 aliphatic carbocycles. The highest BCUT2D eigenvalue weighted by molar-refractivity contribution is 9.11. The van der Waals surface area contributed by atoms with Crippen molar-refractivity contribution in [2.45, 2.75) is 0 Å². The molecule has 0 saturated carbocycles. The summed E-state index contributed by atoms with van der Waals surface area (Å²) < 4.78 is 2.57. The Bertz CT molecular complexity index is 795. The summed E-state index contributed by atoms with van der Waals surface area (Å²) in [7, 11) is 0. The van der Waals surface area contributed by atoms with Gasteiger partial charge in [-0.1, -0.05) is 0 Å². The number of tetrazole rings is 1. The molecule has 22 heavy (non-hydrogen) atoms. The molecule has 2 aromatic heterocycles. The van der Waals surface area contributed by atoms with Gasteiger partial charge in [0.25, 0.3) is 0 Å². The molecule has 0 aliphatic rings. The van der Waals surface area contributed by atoms with Gasteiger partial charge in [-0.2, -0.15) is 0 Å². The zero-order chi connectivity index (χ0) is 15.4. The highest BCUT2D eigenvalue weighted by Gasteiger charge is 2.01. The van der Waals surface area contributed by atoms with E-state index < -0.39 is 0 Å². The largest absolute Gasteiger partial charge is 0.323 e. The average Bonchev–Trinajstić information content (AvgIpc) is 3.17. The first-order chi connectivity index (χ1) is 10.7. The van der Waals surface area contributed by atoms with Gasteiger partial charge in [-0.3, -0.25) is 4.79 Å². The Morgan fingerprint density at radius 2 is 2.05 bits per heavy atom. The van der Waals surface area contributed by atoms with Crippen LogP contribution >= 0.6 is 27.3 Å². The van der Waals surface area contributed by atoms with Gasteiger partial charge in [-0.25, -0.2) is 4.68 Å². The molecule has 0 bridgehead atoms. The van der Waals surface area contributed by atoms with Crippen molar-refractivity contribution >= 4 is 44.9 Å². The second kappa shape index (κ2) is 6.63. The van der Waals surface area contributed by atoms with Crippen LogP contribution < -0.4 is 5.32 Å². The summed E-state index contributed by atoms with van der Waals surface area (Å²) in [5, 5.41) is 13.7. The van der Waals surface area contributed by atoms with Crippen molar-refractivity contribution in [1.29, 1.82) is 0 Å². The summed E-state index contributed by atoms with van der Waals surface area (Å²) in [5.41, 5.74) is 1.53. The van der Waals surface area contributed by atoms with Crippen molar-refractivity contribution in [2.24, 2.45) is 0 Å². The third-order valence-electron chi connectivity index (χ3n) is 2.74. The first-order valence-corrected chi connectivity index (χ1v) is 7.89. The molecule has 0 unspecified atom stereocenters. The molecule has 1 amide bonds. The highest BCUT2D eigenvalue weighted by Crippen LogP contribution is 2.23. The SMILES string of the molecule is O=C(/C=C/c1ccc(Br)s1)Nc1ccc(-n2cnnn2)cc1. The van der Waals surface area contributed by atoms with Crippen LogP contribution in [0, 0.1) is 0 Å². The zero-order valence-corrected chi connectivity index (χ0v) is 13.6. The lowest BCUT2D eigenvalue weighted by atomic mass is 10.3. The molecule has 2 heterocycles. The lowest BCUT2D eigenvalue weighted by Crippen LogP contribution is -2.07. The Labute approximate surface area is 138 Å². The number of anilines is 1. The maximum atomic E-state index is 11.9. The van der Waals surface area contributed by atoms with Crippen LogP contribution in [-0.4, -0.2) is 26.1 Å². The van der Waals surface area contributed by atoms with Crippen molar-refractivity contribution in [3.05, 3.63) is 57.5 Å². The maximum Gasteiger partial charge on any atom is 0.248 e. The minimum atomic E-state index is -0.181. The van der Waals surface area contributed by atoms with Gasteiger partial charge in [0, 0.05) is 16.6 Å². The quantitative estimate of drug-likeness (QED) is 0.710. The standard InChI is InChI=1S/C14H10BrN5OS/c15-13-7-5-12(22-13)6-8-14(21)17-10-1-3-11(4-2-10)20-9-16-18-19-20/h1-9H,(H,17,21)/b8-6+. The summed E-state index contributed by atoms with van der Waals surface area (Å²) in [6.07, 6.45) is 4.79. The monoisotopic (exact) mass is 375 g/mol. The molecule has 110 valence electrons. The molecule has 3 aromatic rings. The molecule has 1 aromatic carbocycles. The molecular weight excluding hydrogens is 366 g/mol. The number of carbonyl (C=O) groups excluding carboxylic acids is 1. The molecule has 8 heteroatoms. The Kier molecular flexibility index (Phi) is 4.40. The summed E-state index contributed by atoms with van der Waals surface area (Å²) >= 11 is 4.95. The van der Waals surface area contributed by atoms with Gasteiger partial charge in [-0.05, 0) is 68.8 Å². The predicted octanol–water partition coefficient (Wildman–Crippen LogP) is 3.14. The second-order valence-electron chi connectivity index (χ2n) is 4.27. The van der Waals surface area contributed by atoms with Crippen LogP contribution in [0.5, 0.6) is 0 Å². The van der Waals surface area contributed by atoms with E-state index >= 15 is 0 Å². The number of rotatable bonds is 4. The molecule has 0 aliphatic heterocycles.